The van der Waals surface area contributed by atoms with Crippen LogP contribution in [0.5, 0.6) is 0 Å². The van der Waals surface area contributed by atoms with Crippen LogP contribution in [-0.4, -0.2) is 93.1 Å². The first-order valence-corrected chi connectivity index (χ1v) is 24.3. The highest BCUT2D eigenvalue weighted by Gasteiger charge is 2.45. The Morgan fingerprint density at radius 3 is 1.84 bits per heavy atom. The Morgan fingerprint density at radius 2 is 1.25 bits per heavy atom. The highest BCUT2D eigenvalue weighted by Crippen LogP contribution is 2.55. The SMILES string of the molecule is COC(=O)N[C@H](C(=O)N1C[C@@H](C)CC1c1ncc(-c2ccc(-c3ccc(-c4ccc5nc(C6C[C@H](C)CN6C(=O)[C@@H](NC(=O)OC)C(C)C)[nH]c5c4)c4c3C3(CCCC3)CC4)cc2)[nH]1)C(C)C. The molecule has 4 amide bonds. The molecule has 354 valence electrons. The van der Waals surface area contributed by atoms with Crippen molar-refractivity contribution in [2.75, 3.05) is 27.3 Å². The number of alkyl carbamates (subject to hydrolysis) is 2. The van der Waals surface area contributed by atoms with E-state index < -0.39 is 24.3 Å². The van der Waals surface area contributed by atoms with Gasteiger partial charge in [0.1, 0.15) is 23.7 Å². The number of amides is 4. The number of hydrogen-bond donors (Lipinski definition) is 4. The van der Waals surface area contributed by atoms with E-state index in [0.717, 1.165) is 65.2 Å². The second kappa shape index (κ2) is 18.5. The third kappa shape index (κ3) is 8.68. The molecule has 3 aromatic carbocycles. The van der Waals surface area contributed by atoms with Gasteiger partial charge in [-0.3, -0.25) is 9.59 Å². The number of carbonyl (C=O) groups excluding carboxylic acids is 4. The highest BCUT2D eigenvalue weighted by molar-refractivity contribution is 5.89. The predicted octanol–water partition coefficient (Wildman–Crippen LogP) is 9.63. The molecule has 0 radical (unpaired) electrons. The Hall–Kier alpha value is -6.18. The van der Waals surface area contributed by atoms with Crippen molar-refractivity contribution < 1.29 is 28.7 Å². The van der Waals surface area contributed by atoms with Gasteiger partial charge >= 0.3 is 12.2 Å². The number of rotatable bonds is 11. The number of methoxy groups -OCH3 is 2. The van der Waals surface area contributed by atoms with Gasteiger partial charge in [0.2, 0.25) is 11.8 Å². The maximum absolute atomic E-state index is 14.0. The molecule has 67 heavy (non-hydrogen) atoms. The molecule has 4 heterocycles. The quantitative estimate of drug-likeness (QED) is 0.101. The van der Waals surface area contributed by atoms with E-state index in [1.807, 2.05) is 43.7 Å². The molecule has 3 fully saturated rings. The van der Waals surface area contributed by atoms with Gasteiger partial charge in [0.05, 0.1) is 49.2 Å². The molecule has 2 aliphatic heterocycles. The predicted molar refractivity (Wildman–Crippen MR) is 258 cm³/mol. The van der Waals surface area contributed by atoms with Crippen molar-refractivity contribution in [3.05, 3.63) is 83.6 Å². The number of imidazole rings is 2. The van der Waals surface area contributed by atoms with Crippen molar-refractivity contribution in [3.63, 3.8) is 0 Å². The molecule has 4 aliphatic rings. The van der Waals surface area contributed by atoms with E-state index in [9.17, 15) is 19.2 Å². The molecular formula is C53H66N8O6. The van der Waals surface area contributed by atoms with Crippen molar-refractivity contribution in [1.29, 1.82) is 0 Å². The zero-order valence-corrected chi connectivity index (χ0v) is 40.2. The van der Waals surface area contributed by atoms with E-state index in [1.54, 1.807) is 0 Å². The fourth-order valence-corrected chi connectivity index (χ4v) is 11.8. The Kier molecular flexibility index (Phi) is 12.7. The van der Waals surface area contributed by atoms with Crippen LogP contribution < -0.4 is 10.6 Å². The number of aromatic nitrogens is 4. The number of H-pyrrole nitrogens is 2. The molecule has 4 N–H and O–H groups in total. The Labute approximate surface area is 393 Å². The first-order chi connectivity index (χ1) is 32.2. The van der Waals surface area contributed by atoms with Gasteiger partial charge in [0, 0.05) is 13.1 Å². The number of likely N-dealkylation sites (tertiary alicyclic amines) is 2. The lowest BCUT2D eigenvalue weighted by Gasteiger charge is -2.30. The Morgan fingerprint density at radius 1 is 0.701 bits per heavy atom. The summed E-state index contributed by atoms with van der Waals surface area (Å²) in [6, 6.07) is 18.1. The minimum absolute atomic E-state index is 0.113. The molecule has 2 saturated heterocycles. The number of aromatic amines is 2. The van der Waals surface area contributed by atoms with E-state index in [4.69, 9.17) is 19.4 Å². The fourth-order valence-electron chi connectivity index (χ4n) is 11.8. The summed E-state index contributed by atoms with van der Waals surface area (Å²) in [5, 5.41) is 5.51. The zero-order valence-electron chi connectivity index (χ0n) is 40.2. The van der Waals surface area contributed by atoms with E-state index >= 15 is 0 Å². The first kappa shape index (κ1) is 46.0. The summed E-state index contributed by atoms with van der Waals surface area (Å²) < 4.78 is 9.68. The van der Waals surface area contributed by atoms with E-state index in [2.05, 4.69) is 89.0 Å². The van der Waals surface area contributed by atoms with Gasteiger partial charge in [-0.1, -0.05) is 96.8 Å². The summed E-state index contributed by atoms with van der Waals surface area (Å²) in [7, 11) is 2.62. The van der Waals surface area contributed by atoms with Crippen LogP contribution in [-0.2, 0) is 30.9 Å². The average Bonchev–Trinajstić information content (AvgIpc) is 4.20. The molecule has 9 rings (SSSR count). The maximum atomic E-state index is 14.0. The third-order valence-electron chi connectivity index (χ3n) is 15.2. The van der Waals surface area contributed by atoms with Crippen LogP contribution in [0.2, 0.25) is 0 Å². The zero-order chi connectivity index (χ0) is 47.3. The van der Waals surface area contributed by atoms with E-state index in [-0.39, 0.29) is 53.0 Å². The normalized spacial score (nSPS) is 21.9. The number of carbonyl (C=O) groups is 4. The number of hydrogen-bond acceptors (Lipinski definition) is 8. The number of ether oxygens (including phenoxy) is 2. The molecular weight excluding hydrogens is 845 g/mol. The van der Waals surface area contributed by atoms with E-state index in [0.29, 0.717) is 13.1 Å². The molecule has 1 saturated carbocycles. The van der Waals surface area contributed by atoms with Crippen LogP contribution in [0.1, 0.15) is 121 Å². The number of nitrogens with one attached hydrogen (secondary N) is 4. The van der Waals surface area contributed by atoms with Gasteiger partial charge < -0.3 is 39.9 Å². The Balaban J connectivity index is 0.983. The number of benzene rings is 3. The van der Waals surface area contributed by atoms with Crippen LogP contribution in [0.4, 0.5) is 9.59 Å². The van der Waals surface area contributed by atoms with Crippen molar-refractivity contribution in [2.45, 2.75) is 122 Å². The van der Waals surface area contributed by atoms with Crippen LogP contribution in [0.25, 0.3) is 44.5 Å². The fraction of sp³-hybridized carbons (Fsp3) is 0.509. The van der Waals surface area contributed by atoms with Gasteiger partial charge in [-0.2, -0.15) is 0 Å². The van der Waals surface area contributed by atoms with Gasteiger partial charge in [0.15, 0.2) is 0 Å². The van der Waals surface area contributed by atoms with Crippen LogP contribution in [0, 0.1) is 23.7 Å². The Bertz CT molecular complexity index is 2660. The second-order valence-corrected chi connectivity index (χ2v) is 20.5. The van der Waals surface area contributed by atoms with Crippen molar-refractivity contribution in [2.24, 2.45) is 23.7 Å². The summed E-state index contributed by atoms with van der Waals surface area (Å²) in [6.45, 7) is 13.2. The highest BCUT2D eigenvalue weighted by atomic mass is 16.5. The van der Waals surface area contributed by atoms with Crippen molar-refractivity contribution in [3.8, 4) is 33.5 Å². The van der Waals surface area contributed by atoms with Gasteiger partial charge in [0.25, 0.3) is 0 Å². The minimum atomic E-state index is -0.701. The third-order valence-corrected chi connectivity index (χ3v) is 15.2. The molecule has 5 aromatic rings. The molecule has 2 unspecified atom stereocenters. The van der Waals surface area contributed by atoms with Crippen LogP contribution in [0.3, 0.4) is 0 Å². The van der Waals surface area contributed by atoms with Crippen molar-refractivity contribution >= 4 is 35.0 Å². The van der Waals surface area contributed by atoms with Crippen molar-refractivity contribution in [1.82, 2.24) is 40.4 Å². The number of nitrogens with zero attached hydrogens (tertiary/aromatic N) is 4. The summed E-state index contributed by atoms with van der Waals surface area (Å²) in [5.74, 6) is 1.59. The lowest BCUT2D eigenvalue weighted by Crippen LogP contribution is -2.51. The molecule has 14 nitrogen and oxygen atoms in total. The smallest absolute Gasteiger partial charge is 0.407 e. The van der Waals surface area contributed by atoms with Gasteiger partial charge in [-0.15, -0.1) is 0 Å². The van der Waals surface area contributed by atoms with E-state index in [1.165, 1.54) is 67.7 Å². The molecule has 2 aliphatic carbocycles. The lowest BCUT2D eigenvalue weighted by molar-refractivity contribution is -0.136. The molecule has 6 atom stereocenters. The molecule has 1 spiro atoms. The summed E-state index contributed by atoms with van der Waals surface area (Å²) in [6.07, 6.45) is 9.25. The number of fused-ring (bicyclic) bond motifs is 3. The maximum Gasteiger partial charge on any atom is 0.407 e. The average molecular weight is 911 g/mol. The lowest BCUT2D eigenvalue weighted by atomic mass is 9.76. The topological polar surface area (TPSA) is 175 Å². The first-order valence-electron chi connectivity index (χ1n) is 24.3. The monoisotopic (exact) mass is 911 g/mol. The summed E-state index contributed by atoms with van der Waals surface area (Å²) >= 11 is 0. The van der Waals surface area contributed by atoms with Gasteiger partial charge in [-0.05, 0) is 119 Å². The minimum Gasteiger partial charge on any atom is -0.453 e. The largest absolute Gasteiger partial charge is 0.453 e. The molecule has 0 bridgehead atoms. The summed E-state index contributed by atoms with van der Waals surface area (Å²) in [4.78, 5) is 73.0. The second-order valence-electron chi connectivity index (χ2n) is 20.5. The van der Waals surface area contributed by atoms with Crippen LogP contribution in [0.15, 0.2) is 60.8 Å². The molecule has 14 heteroatoms. The van der Waals surface area contributed by atoms with Gasteiger partial charge in [-0.25, -0.2) is 19.6 Å². The van der Waals surface area contributed by atoms with Crippen LogP contribution >= 0.6 is 0 Å². The molecule has 2 aromatic heterocycles. The standard InChI is InChI=1S/C53H66N8O6/c1-29(2)45(58-51(64)66-7)49(62)60-27-31(5)23-42(60)47-54-26-41(57-47)34-13-11-33(12-14-34)37-17-16-36(38-19-22-53(44(37)38)20-9-10-21-53)35-15-18-39-40(25-35)56-48(55-39)43-24-32(6)28-61(43)50(63)46(30(3)4)59-52(65)67-8/h11-18,25-26,29-32,42-43,45-46H,9-10,19-24,27-28H2,1-8H3,(H,54,57)(H,55,56)(H,58,64)(H,59,65)/t31-,32-,42?,43?,45-,46-/m0/s1. The summed E-state index contributed by atoms with van der Waals surface area (Å²) in [5.41, 5.74) is 11.7.